The zero-order valence-corrected chi connectivity index (χ0v) is 14.6. The van der Waals surface area contributed by atoms with Crippen LogP contribution in [0.15, 0.2) is 18.5 Å². The van der Waals surface area contributed by atoms with Gasteiger partial charge in [0.2, 0.25) is 5.91 Å². The first-order chi connectivity index (χ1) is 11.6. The molecule has 3 rings (SSSR count). The van der Waals surface area contributed by atoms with E-state index < -0.39 is 0 Å². The number of aromatic nitrogens is 1. The van der Waals surface area contributed by atoms with E-state index in [2.05, 4.69) is 9.88 Å². The number of likely N-dealkylation sites (tertiary alicyclic amines) is 1. The van der Waals surface area contributed by atoms with Crippen molar-refractivity contribution in [3.63, 3.8) is 0 Å². The summed E-state index contributed by atoms with van der Waals surface area (Å²) in [6.07, 6.45) is 6.23. The van der Waals surface area contributed by atoms with Crippen molar-refractivity contribution in [1.29, 1.82) is 0 Å². The fraction of sp³-hybridized carbons (Fsp3) is 0.611. The van der Waals surface area contributed by atoms with Crippen molar-refractivity contribution >= 4 is 11.8 Å². The van der Waals surface area contributed by atoms with Crippen LogP contribution in [0.25, 0.3) is 0 Å². The van der Waals surface area contributed by atoms with E-state index in [1.165, 1.54) is 0 Å². The first-order valence-electron chi connectivity index (χ1n) is 8.76. The van der Waals surface area contributed by atoms with Crippen molar-refractivity contribution in [2.45, 2.75) is 32.2 Å². The van der Waals surface area contributed by atoms with Gasteiger partial charge < -0.3 is 9.80 Å². The van der Waals surface area contributed by atoms with Gasteiger partial charge in [0.25, 0.3) is 5.91 Å². The van der Waals surface area contributed by atoms with Crippen LogP contribution in [0, 0.1) is 6.92 Å². The summed E-state index contributed by atoms with van der Waals surface area (Å²) in [4.78, 5) is 35.4. The Morgan fingerprint density at radius 1 is 1.04 bits per heavy atom. The minimum absolute atomic E-state index is 0.0125. The largest absolute Gasteiger partial charge is 0.339 e. The van der Waals surface area contributed by atoms with Crippen molar-refractivity contribution in [2.75, 3.05) is 39.8 Å². The Kier molecular flexibility index (Phi) is 5.14. The van der Waals surface area contributed by atoms with Gasteiger partial charge >= 0.3 is 0 Å². The number of likely N-dealkylation sites (N-methyl/N-ethyl adjacent to an activating group) is 1. The smallest absolute Gasteiger partial charge is 0.255 e. The lowest BCUT2D eigenvalue weighted by Gasteiger charge is -2.27. The van der Waals surface area contributed by atoms with Gasteiger partial charge in [0.1, 0.15) is 0 Å². The fourth-order valence-electron chi connectivity index (χ4n) is 3.63. The van der Waals surface area contributed by atoms with Crippen LogP contribution >= 0.6 is 0 Å². The van der Waals surface area contributed by atoms with Crippen LogP contribution in [0.2, 0.25) is 0 Å². The number of carbonyl (C=O) groups excluding carboxylic acids is 2. The number of hydrogen-bond donors (Lipinski definition) is 0. The van der Waals surface area contributed by atoms with Crippen LogP contribution in [0.4, 0.5) is 0 Å². The van der Waals surface area contributed by atoms with Gasteiger partial charge in [-0.25, -0.2) is 0 Å². The number of hydrogen-bond acceptors (Lipinski definition) is 4. The summed E-state index contributed by atoms with van der Waals surface area (Å²) in [5.41, 5.74) is 1.61. The van der Waals surface area contributed by atoms with Gasteiger partial charge in [0.05, 0.1) is 11.6 Å². The Labute approximate surface area is 143 Å². The van der Waals surface area contributed by atoms with Crippen LogP contribution in [0.3, 0.4) is 0 Å². The molecule has 2 aliphatic rings. The third kappa shape index (κ3) is 3.59. The number of aryl methyl sites for hydroxylation is 1. The maximum Gasteiger partial charge on any atom is 0.255 e. The molecule has 0 aliphatic carbocycles. The van der Waals surface area contributed by atoms with Crippen LogP contribution in [-0.2, 0) is 4.79 Å². The molecule has 2 aliphatic heterocycles. The van der Waals surface area contributed by atoms with Crippen molar-refractivity contribution in [3.05, 3.63) is 29.6 Å². The molecule has 0 bridgehead atoms. The summed E-state index contributed by atoms with van der Waals surface area (Å²) in [5.74, 6) is 0.236. The van der Waals surface area contributed by atoms with Gasteiger partial charge in [-0.3, -0.25) is 19.5 Å². The molecular formula is C18H26N4O2. The molecular weight excluding hydrogens is 304 g/mol. The molecule has 0 saturated carbocycles. The highest BCUT2D eigenvalue weighted by atomic mass is 16.2. The zero-order chi connectivity index (χ0) is 17.1. The summed E-state index contributed by atoms with van der Waals surface area (Å²) in [6, 6.07) is 1.89. The minimum Gasteiger partial charge on any atom is -0.339 e. The van der Waals surface area contributed by atoms with Crippen molar-refractivity contribution in [2.24, 2.45) is 0 Å². The van der Waals surface area contributed by atoms with E-state index in [9.17, 15) is 9.59 Å². The maximum absolute atomic E-state index is 12.7. The fourth-order valence-corrected chi connectivity index (χ4v) is 3.63. The number of pyridine rings is 1. The normalized spacial score (nSPS) is 22.5. The second kappa shape index (κ2) is 7.30. The predicted octanol–water partition coefficient (Wildman–Crippen LogP) is 1.16. The predicted molar refractivity (Wildman–Crippen MR) is 91.7 cm³/mol. The average molecular weight is 330 g/mol. The van der Waals surface area contributed by atoms with Crippen LogP contribution < -0.4 is 0 Å². The van der Waals surface area contributed by atoms with E-state index >= 15 is 0 Å². The van der Waals surface area contributed by atoms with E-state index in [1.807, 2.05) is 29.8 Å². The topological polar surface area (TPSA) is 56.8 Å². The SMILES string of the molecule is Cc1cncc(C(=O)N2CCCN(C(=O)[C@@H]3CCCN3C)CC2)c1. The molecule has 0 N–H and O–H groups in total. The van der Waals surface area contributed by atoms with Gasteiger partial charge in [-0.15, -0.1) is 0 Å². The van der Waals surface area contributed by atoms with Crippen molar-refractivity contribution < 1.29 is 9.59 Å². The third-order valence-electron chi connectivity index (χ3n) is 5.02. The Morgan fingerprint density at radius 2 is 1.79 bits per heavy atom. The van der Waals surface area contributed by atoms with Gasteiger partial charge in [0, 0.05) is 38.6 Å². The molecule has 2 amide bonds. The molecule has 130 valence electrons. The quantitative estimate of drug-likeness (QED) is 0.816. The monoisotopic (exact) mass is 330 g/mol. The number of carbonyl (C=O) groups is 2. The number of amides is 2. The number of nitrogens with zero attached hydrogens (tertiary/aromatic N) is 4. The zero-order valence-electron chi connectivity index (χ0n) is 14.6. The van der Waals surface area contributed by atoms with Crippen LogP contribution in [0.5, 0.6) is 0 Å². The van der Waals surface area contributed by atoms with Gasteiger partial charge in [-0.2, -0.15) is 0 Å². The van der Waals surface area contributed by atoms with Crippen molar-refractivity contribution in [1.82, 2.24) is 19.7 Å². The van der Waals surface area contributed by atoms with Gasteiger partial charge in [-0.1, -0.05) is 0 Å². The molecule has 3 heterocycles. The molecule has 24 heavy (non-hydrogen) atoms. The molecule has 6 nitrogen and oxygen atoms in total. The Bertz CT molecular complexity index is 619. The first kappa shape index (κ1) is 16.9. The van der Waals surface area contributed by atoms with Crippen molar-refractivity contribution in [3.8, 4) is 0 Å². The van der Waals surface area contributed by atoms with Gasteiger partial charge in [-0.05, 0) is 51.4 Å². The lowest BCUT2D eigenvalue weighted by atomic mass is 10.2. The number of rotatable bonds is 2. The van der Waals surface area contributed by atoms with Crippen LogP contribution in [-0.4, -0.2) is 77.3 Å². The molecule has 0 unspecified atom stereocenters. The van der Waals surface area contributed by atoms with E-state index in [0.29, 0.717) is 25.2 Å². The summed E-state index contributed by atoms with van der Waals surface area (Å²) in [6.45, 7) is 5.57. The molecule has 2 fully saturated rings. The summed E-state index contributed by atoms with van der Waals surface area (Å²) in [7, 11) is 2.02. The van der Waals surface area contributed by atoms with E-state index in [4.69, 9.17) is 0 Å². The second-order valence-electron chi connectivity index (χ2n) is 6.86. The molecule has 1 aromatic rings. The second-order valence-corrected chi connectivity index (χ2v) is 6.86. The molecule has 0 aromatic carbocycles. The Balaban J connectivity index is 1.62. The highest BCUT2D eigenvalue weighted by Gasteiger charge is 2.32. The molecule has 1 atom stereocenters. The highest BCUT2D eigenvalue weighted by molar-refractivity contribution is 5.94. The van der Waals surface area contributed by atoms with E-state index in [0.717, 1.165) is 37.9 Å². The molecule has 0 spiro atoms. The highest BCUT2D eigenvalue weighted by Crippen LogP contribution is 2.18. The van der Waals surface area contributed by atoms with E-state index in [-0.39, 0.29) is 17.9 Å². The van der Waals surface area contributed by atoms with Crippen LogP contribution in [0.1, 0.15) is 35.2 Å². The molecule has 0 radical (unpaired) electrons. The Morgan fingerprint density at radius 3 is 2.50 bits per heavy atom. The molecule has 6 heteroatoms. The lowest BCUT2D eigenvalue weighted by Crippen LogP contribution is -2.46. The summed E-state index contributed by atoms with van der Waals surface area (Å²) < 4.78 is 0. The summed E-state index contributed by atoms with van der Waals surface area (Å²) >= 11 is 0. The minimum atomic E-state index is 0.0125. The molecule has 1 aromatic heterocycles. The lowest BCUT2D eigenvalue weighted by molar-refractivity contribution is -0.135. The average Bonchev–Trinajstić information content (AvgIpc) is 2.85. The third-order valence-corrected chi connectivity index (χ3v) is 5.02. The van der Waals surface area contributed by atoms with Gasteiger partial charge in [0.15, 0.2) is 0 Å². The first-order valence-corrected chi connectivity index (χ1v) is 8.76. The standard InChI is InChI=1S/C18H26N4O2/c1-14-11-15(13-19-12-14)17(23)21-7-4-8-22(10-9-21)18(24)16-5-3-6-20(16)2/h11-13,16H,3-10H2,1-2H3/t16-/m0/s1. The molecule has 2 saturated heterocycles. The van der Waals surface area contributed by atoms with E-state index in [1.54, 1.807) is 12.4 Å². The Hall–Kier alpha value is -1.95. The maximum atomic E-state index is 12.7. The summed E-state index contributed by atoms with van der Waals surface area (Å²) in [5, 5.41) is 0.